The number of halogens is 1. The number of carbonyl (C=O) groups excluding carboxylic acids is 2. The molecule has 1 saturated carbocycles. The number of ketones is 1. The number of benzene rings is 2. The van der Waals surface area contributed by atoms with Crippen molar-refractivity contribution in [2.45, 2.75) is 44.2 Å². The molecule has 136 valence electrons. The van der Waals surface area contributed by atoms with E-state index in [-0.39, 0.29) is 24.1 Å². The first-order valence-electron chi connectivity index (χ1n) is 8.76. The summed E-state index contributed by atoms with van der Waals surface area (Å²) in [5, 5.41) is 3.15. The van der Waals surface area contributed by atoms with E-state index >= 15 is 0 Å². The number of rotatable bonds is 5. The van der Waals surface area contributed by atoms with Crippen molar-refractivity contribution < 1.29 is 18.7 Å². The van der Waals surface area contributed by atoms with E-state index in [0.717, 1.165) is 5.56 Å². The monoisotopic (exact) mass is 355 g/mol. The largest absolute Gasteiger partial charge is 0.461 e. The van der Waals surface area contributed by atoms with Crippen molar-refractivity contribution in [3.8, 4) is 0 Å². The van der Waals surface area contributed by atoms with Gasteiger partial charge in [-0.15, -0.1) is 0 Å². The van der Waals surface area contributed by atoms with Crippen LogP contribution in [0.25, 0.3) is 0 Å². The van der Waals surface area contributed by atoms with E-state index in [9.17, 15) is 14.0 Å². The Morgan fingerprint density at radius 3 is 2.42 bits per heavy atom. The van der Waals surface area contributed by atoms with E-state index in [0.29, 0.717) is 12.1 Å². The Hall–Kier alpha value is -2.69. The summed E-state index contributed by atoms with van der Waals surface area (Å²) < 4.78 is 18.8. The van der Waals surface area contributed by atoms with Gasteiger partial charge in [0.25, 0.3) is 0 Å². The third kappa shape index (κ3) is 3.34. The smallest absolute Gasteiger partial charge is 0.340 e. The van der Waals surface area contributed by atoms with Gasteiger partial charge < -0.3 is 10.1 Å². The molecule has 1 aliphatic rings. The number of anilines is 1. The topological polar surface area (TPSA) is 55.4 Å². The quantitative estimate of drug-likeness (QED) is 0.649. The highest BCUT2D eigenvalue weighted by Crippen LogP contribution is 2.44. The van der Waals surface area contributed by atoms with Crippen LogP contribution in [0.1, 0.15) is 38.2 Å². The first-order valence-corrected chi connectivity index (χ1v) is 8.76. The van der Waals surface area contributed by atoms with E-state index < -0.39 is 17.4 Å². The van der Waals surface area contributed by atoms with Crippen molar-refractivity contribution in [2.24, 2.45) is 0 Å². The van der Waals surface area contributed by atoms with Crippen LogP contribution >= 0.6 is 0 Å². The van der Waals surface area contributed by atoms with Crippen molar-refractivity contribution >= 4 is 17.4 Å². The van der Waals surface area contributed by atoms with Crippen LogP contribution in [0.5, 0.6) is 0 Å². The molecule has 2 aromatic carbocycles. The number of carbonyl (C=O) groups is 2. The molecule has 26 heavy (non-hydrogen) atoms. The van der Waals surface area contributed by atoms with Crippen LogP contribution in [-0.2, 0) is 14.3 Å². The van der Waals surface area contributed by atoms with Crippen LogP contribution in [0.15, 0.2) is 54.6 Å². The Morgan fingerprint density at radius 2 is 1.81 bits per heavy atom. The highest BCUT2D eigenvalue weighted by Gasteiger charge is 2.57. The summed E-state index contributed by atoms with van der Waals surface area (Å²) in [7, 11) is 0. The SMILES string of the molecule is CC(C)OC(=O)C1(Nc2ccccc2)C(=O)CCC1c1ccc(F)cc1. The molecule has 0 radical (unpaired) electrons. The lowest BCUT2D eigenvalue weighted by Crippen LogP contribution is -2.55. The molecule has 0 aliphatic heterocycles. The molecule has 0 bridgehead atoms. The normalized spacial score (nSPS) is 22.5. The molecule has 1 aliphatic carbocycles. The highest BCUT2D eigenvalue weighted by molar-refractivity contribution is 6.14. The van der Waals surface area contributed by atoms with Gasteiger partial charge in [0.1, 0.15) is 5.82 Å². The second-order valence-electron chi connectivity index (χ2n) is 6.82. The molecule has 3 rings (SSSR count). The van der Waals surface area contributed by atoms with Crippen LogP contribution in [0, 0.1) is 5.82 Å². The Kier molecular flexibility index (Phi) is 5.07. The second-order valence-corrected chi connectivity index (χ2v) is 6.82. The molecule has 2 aromatic rings. The lowest BCUT2D eigenvalue weighted by Gasteiger charge is -2.34. The van der Waals surface area contributed by atoms with Crippen LogP contribution in [-0.4, -0.2) is 23.4 Å². The number of hydrogen-bond acceptors (Lipinski definition) is 4. The fourth-order valence-electron chi connectivity index (χ4n) is 3.52. The summed E-state index contributed by atoms with van der Waals surface area (Å²) >= 11 is 0. The van der Waals surface area contributed by atoms with E-state index in [2.05, 4.69) is 5.32 Å². The Bertz CT molecular complexity index is 789. The zero-order valence-corrected chi connectivity index (χ0v) is 14.9. The first kappa shape index (κ1) is 18.1. The van der Waals surface area contributed by atoms with Gasteiger partial charge >= 0.3 is 5.97 Å². The fraction of sp³-hybridized carbons (Fsp3) is 0.333. The van der Waals surface area contributed by atoms with E-state index in [4.69, 9.17) is 4.74 Å². The first-order chi connectivity index (χ1) is 12.4. The van der Waals surface area contributed by atoms with E-state index in [1.165, 1.54) is 12.1 Å². The predicted octanol–water partition coefficient (Wildman–Crippen LogP) is 4.07. The highest BCUT2D eigenvalue weighted by atomic mass is 19.1. The van der Waals surface area contributed by atoms with Gasteiger partial charge in [0, 0.05) is 18.0 Å². The minimum absolute atomic E-state index is 0.207. The Labute approximate surface area is 152 Å². The average Bonchev–Trinajstić information content (AvgIpc) is 2.94. The summed E-state index contributed by atoms with van der Waals surface area (Å²) in [6.07, 6.45) is 0.409. The minimum Gasteiger partial charge on any atom is -0.461 e. The average molecular weight is 355 g/mol. The van der Waals surface area contributed by atoms with Crippen LogP contribution in [0.2, 0.25) is 0 Å². The molecule has 0 aromatic heterocycles. The maximum absolute atomic E-state index is 13.3. The zero-order valence-electron chi connectivity index (χ0n) is 14.9. The van der Waals surface area contributed by atoms with Gasteiger partial charge in [0.05, 0.1) is 6.10 Å². The van der Waals surface area contributed by atoms with Gasteiger partial charge in [0.2, 0.25) is 5.54 Å². The van der Waals surface area contributed by atoms with Crippen molar-refractivity contribution in [3.63, 3.8) is 0 Å². The third-order valence-electron chi connectivity index (χ3n) is 4.67. The van der Waals surface area contributed by atoms with Crippen molar-refractivity contribution in [1.82, 2.24) is 0 Å². The van der Waals surface area contributed by atoms with Crippen molar-refractivity contribution in [1.29, 1.82) is 0 Å². The number of esters is 1. The molecule has 2 atom stereocenters. The fourth-order valence-corrected chi connectivity index (χ4v) is 3.52. The Balaban J connectivity index is 2.07. The number of Topliss-reactive ketones (excluding diaryl/α,β-unsaturated/α-hetero) is 1. The van der Waals surface area contributed by atoms with Gasteiger partial charge in [-0.05, 0) is 50.1 Å². The molecule has 1 N–H and O–H groups in total. The van der Waals surface area contributed by atoms with Gasteiger partial charge in [0.15, 0.2) is 5.78 Å². The number of ether oxygens (including phenoxy) is 1. The lowest BCUT2D eigenvalue weighted by molar-refractivity contribution is -0.155. The van der Waals surface area contributed by atoms with Gasteiger partial charge in [-0.2, -0.15) is 0 Å². The minimum atomic E-state index is -1.51. The van der Waals surface area contributed by atoms with E-state index in [1.54, 1.807) is 38.1 Å². The molecule has 0 spiro atoms. The molecular formula is C21H22FNO3. The molecule has 2 unspecified atom stereocenters. The van der Waals surface area contributed by atoms with Gasteiger partial charge in [-0.25, -0.2) is 9.18 Å². The molecule has 0 heterocycles. The number of hydrogen-bond donors (Lipinski definition) is 1. The maximum atomic E-state index is 13.3. The summed E-state index contributed by atoms with van der Waals surface area (Å²) in [6.45, 7) is 3.50. The summed E-state index contributed by atoms with van der Waals surface area (Å²) in [5.74, 6) is -1.58. The maximum Gasteiger partial charge on any atom is 0.340 e. The number of para-hydroxylation sites is 1. The lowest BCUT2D eigenvalue weighted by atomic mass is 9.81. The molecule has 1 fully saturated rings. The second kappa shape index (κ2) is 7.28. The summed E-state index contributed by atoms with van der Waals surface area (Å²) in [5.41, 5.74) is -0.111. The molecule has 4 nitrogen and oxygen atoms in total. The van der Waals surface area contributed by atoms with Crippen molar-refractivity contribution in [2.75, 3.05) is 5.32 Å². The molecular weight excluding hydrogens is 333 g/mol. The van der Waals surface area contributed by atoms with Crippen molar-refractivity contribution in [3.05, 3.63) is 66.0 Å². The third-order valence-corrected chi connectivity index (χ3v) is 4.67. The van der Waals surface area contributed by atoms with Crippen LogP contribution in [0.4, 0.5) is 10.1 Å². The standard InChI is InChI=1S/C21H22FNO3/c1-14(2)26-20(25)21(23-17-6-4-3-5-7-17)18(12-13-19(21)24)15-8-10-16(22)11-9-15/h3-11,14,18,23H,12-13H2,1-2H3. The zero-order chi connectivity index (χ0) is 18.7. The molecule has 5 heteroatoms. The predicted molar refractivity (Wildman–Crippen MR) is 97.4 cm³/mol. The van der Waals surface area contributed by atoms with Crippen LogP contribution < -0.4 is 5.32 Å². The Morgan fingerprint density at radius 1 is 1.15 bits per heavy atom. The van der Waals surface area contributed by atoms with Gasteiger partial charge in [-0.3, -0.25) is 4.79 Å². The van der Waals surface area contributed by atoms with Crippen LogP contribution in [0.3, 0.4) is 0 Å². The number of nitrogens with one attached hydrogen (secondary N) is 1. The molecule has 0 amide bonds. The molecule has 0 saturated heterocycles. The van der Waals surface area contributed by atoms with Gasteiger partial charge in [-0.1, -0.05) is 30.3 Å². The summed E-state index contributed by atoms with van der Waals surface area (Å²) in [6, 6.07) is 15.1. The van der Waals surface area contributed by atoms with E-state index in [1.807, 2.05) is 18.2 Å². The summed E-state index contributed by atoms with van der Waals surface area (Å²) in [4.78, 5) is 26.0.